The molecule has 2 fully saturated rings. The monoisotopic (exact) mass is 273 g/mol. The molecule has 3 heteroatoms. The van der Waals surface area contributed by atoms with E-state index >= 15 is 0 Å². The van der Waals surface area contributed by atoms with Gasteiger partial charge in [0.15, 0.2) is 0 Å². The first-order valence-electron chi connectivity index (χ1n) is 6.12. The molecule has 86 valence electrons. The Balaban J connectivity index is 1.87. The van der Waals surface area contributed by atoms with E-state index in [2.05, 4.69) is 21.2 Å². The minimum atomic E-state index is -0.00319. The Morgan fingerprint density at radius 3 is 2.60 bits per heavy atom. The van der Waals surface area contributed by atoms with Gasteiger partial charge in [-0.1, -0.05) is 35.7 Å². The highest BCUT2D eigenvalue weighted by molar-refractivity contribution is 9.10. The summed E-state index contributed by atoms with van der Waals surface area (Å²) in [4.78, 5) is 11.8. The van der Waals surface area contributed by atoms with Crippen LogP contribution >= 0.6 is 15.9 Å². The van der Waals surface area contributed by atoms with E-state index < -0.39 is 0 Å². The maximum absolute atomic E-state index is 11.8. The highest BCUT2D eigenvalue weighted by Gasteiger charge is 2.48. The highest BCUT2D eigenvalue weighted by atomic mass is 79.9. The van der Waals surface area contributed by atoms with Gasteiger partial charge in [0.25, 0.3) is 0 Å². The summed E-state index contributed by atoms with van der Waals surface area (Å²) in [6.45, 7) is 2.03. The third kappa shape index (κ3) is 2.08. The fourth-order valence-electron chi connectivity index (χ4n) is 3.05. The summed E-state index contributed by atoms with van der Waals surface area (Å²) in [7, 11) is 0. The molecular formula is C12H20BrNO. The summed E-state index contributed by atoms with van der Waals surface area (Å²) in [5, 5.41) is 3.21. The van der Waals surface area contributed by atoms with Gasteiger partial charge >= 0.3 is 0 Å². The van der Waals surface area contributed by atoms with Crippen molar-refractivity contribution >= 4 is 21.8 Å². The maximum Gasteiger partial charge on any atom is 0.234 e. The van der Waals surface area contributed by atoms with Gasteiger partial charge in [-0.3, -0.25) is 4.79 Å². The Kier molecular flexibility index (Phi) is 3.39. The molecule has 0 aliphatic heterocycles. The zero-order valence-electron chi connectivity index (χ0n) is 9.39. The van der Waals surface area contributed by atoms with Crippen LogP contribution in [-0.4, -0.2) is 16.8 Å². The predicted molar refractivity (Wildman–Crippen MR) is 65.1 cm³/mol. The van der Waals surface area contributed by atoms with Crippen LogP contribution in [0.5, 0.6) is 0 Å². The molecule has 2 atom stereocenters. The van der Waals surface area contributed by atoms with Gasteiger partial charge in [0.1, 0.15) is 0 Å². The second kappa shape index (κ2) is 4.44. The molecule has 0 radical (unpaired) electrons. The maximum atomic E-state index is 11.8. The van der Waals surface area contributed by atoms with E-state index in [0.29, 0.717) is 11.5 Å². The smallest absolute Gasteiger partial charge is 0.234 e. The Morgan fingerprint density at radius 2 is 2.13 bits per heavy atom. The second-order valence-corrected chi connectivity index (χ2v) is 6.15. The zero-order chi connectivity index (χ0) is 10.9. The molecule has 0 heterocycles. The summed E-state index contributed by atoms with van der Waals surface area (Å²) in [5.74, 6) is 0.188. The van der Waals surface area contributed by atoms with Gasteiger partial charge < -0.3 is 5.32 Å². The summed E-state index contributed by atoms with van der Waals surface area (Å²) in [6, 6.07) is 0.471. The number of carbonyl (C=O) groups excluding carboxylic acids is 1. The molecule has 0 bridgehead atoms. The summed E-state index contributed by atoms with van der Waals surface area (Å²) in [5.41, 5.74) is 0.496. The van der Waals surface area contributed by atoms with Gasteiger partial charge in [-0.05, 0) is 37.5 Å². The third-order valence-electron chi connectivity index (χ3n) is 4.23. The minimum absolute atomic E-state index is 0.00319. The topological polar surface area (TPSA) is 29.1 Å². The quantitative estimate of drug-likeness (QED) is 0.787. The molecule has 0 aromatic carbocycles. The van der Waals surface area contributed by atoms with Gasteiger partial charge in [0.05, 0.1) is 4.83 Å². The van der Waals surface area contributed by atoms with Crippen LogP contribution in [0.1, 0.15) is 51.9 Å². The molecule has 2 unspecified atom stereocenters. The van der Waals surface area contributed by atoms with Gasteiger partial charge in [-0.2, -0.15) is 0 Å². The molecule has 2 rings (SSSR count). The molecule has 2 saturated carbocycles. The van der Waals surface area contributed by atoms with Gasteiger partial charge in [0.2, 0.25) is 5.91 Å². The van der Waals surface area contributed by atoms with Crippen molar-refractivity contribution in [1.29, 1.82) is 0 Å². The van der Waals surface area contributed by atoms with Crippen LogP contribution in [0.2, 0.25) is 0 Å². The van der Waals surface area contributed by atoms with Crippen LogP contribution < -0.4 is 5.32 Å². The van der Waals surface area contributed by atoms with Crippen LogP contribution in [-0.2, 0) is 4.79 Å². The number of hydrogen-bond acceptors (Lipinski definition) is 1. The van der Waals surface area contributed by atoms with E-state index in [-0.39, 0.29) is 10.7 Å². The average Bonchev–Trinajstić information content (AvgIpc) is 2.74. The van der Waals surface area contributed by atoms with Crippen molar-refractivity contribution in [3.8, 4) is 0 Å². The molecule has 2 aliphatic rings. The van der Waals surface area contributed by atoms with E-state index in [4.69, 9.17) is 0 Å². The fourth-order valence-corrected chi connectivity index (χ4v) is 3.18. The molecule has 15 heavy (non-hydrogen) atoms. The fraction of sp³-hybridized carbons (Fsp3) is 0.917. The lowest BCUT2D eigenvalue weighted by atomic mass is 9.63. The number of amides is 1. The number of nitrogens with one attached hydrogen (secondary N) is 1. The lowest BCUT2D eigenvalue weighted by Crippen LogP contribution is -2.55. The number of halogens is 1. The van der Waals surface area contributed by atoms with E-state index in [1.54, 1.807) is 0 Å². The summed E-state index contributed by atoms with van der Waals surface area (Å²) >= 11 is 3.41. The van der Waals surface area contributed by atoms with Gasteiger partial charge in [-0.15, -0.1) is 0 Å². The number of rotatable bonds is 3. The second-order valence-electron chi connectivity index (χ2n) is 5.05. The predicted octanol–water partition coefficient (Wildman–Crippen LogP) is 3.00. The largest absolute Gasteiger partial charge is 0.352 e. The molecule has 2 aliphatic carbocycles. The molecule has 1 N–H and O–H groups in total. The summed E-state index contributed by atoms with van der Waals surface area (Å²) in [6.07, 6.45) is 8.77. The number of hydrogen-bond donors (Lipinski definition) is 1. The van der Waals surface area contributed by atoms with Crippen LogP contribution in [0.25, 0.3) is 0 Å². The molecular weight excluding hydrogens is 254 g/mol. The Bertz CT molecular complexity index is 248. The van der Waals surface area contributed by atoms with Crippen LogP contribution in [0.4, 0.5) is 0 Å². The Morgan fingerprint density at radius 1 is 1.47 bits per heavy atom. The van der Waals surface area contributed by atoms with Crippen molar-refractivity contribution in [1.82, 2.24) is 5.32 Å². The van der Waals surface area contributed by atoms with Gasteiger partial charge in [-0.25, -0.2) is 0 Å². The molecule has 0 saturated heterocycles. The normalized spacial score (nSPS) is 29.9. The lowest BCUT2D eigenvalue weighted by Gasteiger charge is -2.48. The minimum Gasteiger partial charge on any atom is -0.352 e. The van der Waals surface area contributed by atoms with Crippen LogP contribution in [0, 0.1) is 5.41 Å². The van der Waals surface area contributed by atoms with E-state index in [0.717, 1.165) is 6.42 Å². The lowest BCUT2D eigenvalue weighted by molar-refractivity contribution is -0.123. The summed E-state index contributed by atoms with van der Waals surface area (Å²) < 4.78 is 0. The molecule has 1 spiro atoms. The van der Waals surface area contributed by atoms with Crippen molar-refractivity contribution in [2.24, 2.45) is 5.41 Å². The SMILES string of the molecule is CCC(Br)C(=O)NC1CCC12CCCC2. The molecule has 2 nitrogen and oxygen atoms in total. The van der Waals surface area contributed by atoms with Crippen LogP contribution in [0.3, 0.4) is 0 Å². The first kappa shape index (κ1) is 11.4. The van der Waals surface area contributed by atoms with Crippen molar-refractivity contribution < 1.29 is 4.79 Å². The van der Waals surface area contributed by atoms with Crippen LogP contribution in [0.15, 0.2) is 0 Å². The number of alkyl halides is 1. The Hall–Kier alpha value is -0.0500. The molecule has 0 aromatic rings. The molecule has 1 amide bonds. The van der Waals surface area contributed by atoms with E-state index in [1.807, 2.05) is 6.92 Å². The first-order valence-corrected chi connectivity index (χ1v) is 7.04. The van der Waals surface area contributed by atoms with Crippen molar-refractivity contribution in [2.45, 2.75) is 62.7 Å². The highest BCUT2D eigenvalue weighted by Crippen LogP contribution is 2.53. The van der Waals surface area contributed by atoms with E-state index in [1.165, 1.54) is 38.5 Å². The average molecular weight is 274 g/mol. The third-order valence-corrected chi connectivity index (χ3v) is 5.29. The van der Waals surface area contributed by atoms with Crippen molar-refractivity contribution in [2.75, 3.05) is 0 Å². The first-order chi connectivity index (χ1) is 7.18. The van der Waals surface area contributed by atoms with Gasteiger partial charge in [0, 0.05) is 6.04 Å². The molecule has 0 aromatic heterocycles. The van der Waals surface area contributed by atoms with Crippen molar-refractivity contribution in [3.05, 3.63) is 0 Å². The number of carbonyl (C=O) groups is 1. The standard InChI is InChI=1S/C12H20BrNO/c1-2-9(13)11(15)14-10-5-8-12(10)6-3-4-7-12/h9-10H,2-8H2,1H3,(H,14,15). The zero-order valence-corrected chi connectivity index (χ0v) is 11.0. The Labute approximate surface area is 100 Å². The van der Waals surface area contributed by atoms with Crippen molar-refractivity contribution in [3.63, 3.8) is 0 Å². The van der Waals surface area contributed by atoms with E-state index in [9.17, 15) is 4.79 Å².